The van der Waals surface area contributed by atoms with Crippen LogP contribution in [-0.4, -0.2) is 4.98 Å². The summed E-state index contributed by atoms with van der Waals surface area (Å²) in [6, 6.07) is 8.14. The van der Waals surface area contributed by atoms with E-state index >= 15 is 0 Å². The van der Waals surface area contributed by atoms with Gasteiger partial charge in [0.1, 0.15) is 0 Å². The molecule has 3 rings (SSSR count). The van der Waals surface area contributed by atoms with Crippen LogP contribution in [0.25, 0.3) is 21.0 Å². The molecule has 2 aromatic heterocycles. The van der Waals surface area contributed by atoms with Gasteiger partial charge in [0.25, 0.3) is 0 Å². The molecule has 2 nitrogen and oxygen atoms in total. The molecule has 0 saturated carbocycles. The summed E-state index contributed by atoms with van der Waals surface area (Å²) in [5.74, 6) is 0. The molecule has 2 heterocycles. The summed E-state index contributed by atoms with van der Waals surface area (Å²) < 4.78 is 1.21. The number of aryl methyl sites for hydroxylation is 1. The minimum absolute atomic E-state index is 0.605. The quantitative estimate of drug-likeness (QED) is 0.567. The van der Waals surface area contributed by atoms with Crippen LogP contribution in [0.1, 0.15) is 4.88 Å². The normalized spacial score (nSPS) is 11.1. The van der Waals surface area contributed by atoms with E-state index in [1.54, 1.807) is 20.7 Å². The fourth-order valence-corrected chi connectivity index (χ4v) is 4.07. The second-order valence-corrected chi connectivity index (χ2v) is 6.08. The van der Waals surface area contributed by atoms with Gasteiger partial charge in [0.05, 0.1) is 15.6 Å². The van der Waals surface area contributed by atoms with Gasteiger partial charge in [0, 0.05) is 21.8 Å². The first-order valence-corrected chi connectivity index (χ1v) is 7.13. The highest BCUT2D eigenvalue weighted by Gasteiger charge is 2.07. The van der Waals surface area contributed by atoms with Gasteiger partial charge in [-0.3, -0.25) is 5.41 Å². The van der Waals surface area contributed by atoms with Crippen LogP contribution in [0.2, 0.25) is 0 Å². The van der Waals surface area contributed by atoms with Crippen molar-refractivity contribution in [2.24, 2.45) is 0 Å². The second kappa shape index (κ2) is 3.57. The van der Waals surface area contributed by atoms with Crippen molar-refractivity contribution in [2.45, 2.75) is 6.92 Å². The van der Waals surface area contributed by atoms with E-state index in [-0.39, 0.29) is 0 Å². The van der Waals surface area contributed by atoms with Crippen molar-refractivity contribution >= 4 is 41.7 Å². The Morgan fingerprint density at radius 3 is 2.94 bits per heavy atom. The van der Waals surface area contributed by atoms with Gasteiger partial charge in [-0.25, -0.2) is 0 Å². The molecule has 0 radical (unpaired) electrons. The number of rotatable bonds is 0. The van der Waals surface area contributed by atoms with Crippen molar-refractivity contribution in [1.29, 1.82) is 5.41 Å². The minimum Gasteiger partial charge on any atom is -0.359 e. The molecule has 3 aromatic rings. The summed E-state index contributed by atoms with van der Waals surface area (Å²) in [5, 5.41) is 11.0. The van der Waals surface area contributed by atoms with Gasteiger partial charge < -0.3 is 4.98 Å². The summed E-state index contributed by atoms with van der Waals surface area (Å²) in [6.45, 7) is 2.08. The minimum atomic E-state index is 0.605. The first-order chi connectivity index (χ1) is 7.77. The number of hydrogen-bond acceptors (Lipinski definition) is 3. The summed E-state index contributed by atoms with van der Waals surface area (Å²) in [5.41, 5.74) is 0.925. The largest absolute Gasteiger partial charge is 0.359 e. The fraction of sp³-hybridized carbons (Fsp3) is 0.0833. The van der Waals surface area contributed by atoms with Crippen LogP contribution in [0, 0.1) is 12.3 Å². The highest BCUT2D eigenvalue weighted by molar-refractivity contribution is 7.71. The van der Waals surface area contributed by atoms with Gasteiger partial charge in [-0.2, -0.15) is 0 Å². The molecule has 0 unspecified atom stereocenters. The zero-order valence-corrected chi connectivity index (χ0v) is 10.3. The summed E-state index contributed by atoms with van der Waals surface area (Å²) in [6.07, 6.45) is 1.88. The summed E-state index contributed by atoms with van der Waals surface area (Å²) >= 11 is 0. The Morgan fingerprint density at radius 2 is 2.06 bits per heavy atom. The van der Waals surface area contributed by atoms with Crippen molar-refractivity contribution < 1.29 is 0 Å². The zero-order valence-electron chi connectivity index (χ0n) is 8.70. The molecule has 0 bridgehead atoms. The average molecular weight is 246 g/mol. The molecule has 0 spiro atoms. The van der Waals surface area contributed by atoms with Crippen LogP contribution in [0.4, 0.5) is 0 Å². The fourth-order valence-electron chi connectivity index (χ4n) is 1.85. The smallest absolute Gasteiger partial charge is 0.0868 e. The molecule has 0 fully saturated rings. The van der Waals surface area contributed by atoms with Gasteiger partial charge >= 0.3 is 0 Å². The lowest BCUT2D eigenvalue weighted by Crippen LogP contribution is -1.95. The average Bonchev–Trinajstić information content (AvgIpc) is 2.47. The predicted octanol–water partition coefficient (Wildman–Crippen LogP) is 3.79. The summed E-state index contributed by atoms with van der Waals surface area (Å²) in [4.78, 5) is 4.44. The predicted molar refractivity (Wildman–Crippen MR) is 71.0 cm³/mol. The van der Waals surface area contributed by atoms with Crippen LogP contribution < -0.4 is 5.36 Å². The molecule has 0 aliphatic carbocycles. The van der Waals surface area contributed by atoms with Crippen molar-refractivity contribution in [2.75, 3.05) is 0 Å². The SMILES string of the molecule is Cc1cc2c(=N)c3[nH]ccccc3c2ss1. The van der Waals surface area contributed by atoms with Crippen molar-refractivity contribution in [3.63, 3.8) is 0 Å². The van der Waals surface area contributed by atoms with Crippen molar-refractivity contribution in [3.05, 3.63) is 40.7 Å². The molecule has 0 saturated heterocycles. The molecular weight excluding hydrogens is 236 g/mol. The van der Waals surface area contributed by atoms with E-state index in [4.69, 9.17) is 5.41 Å². The number of hydrogen-bond donors (Lipinski definition) is 2. The van der Waals surface area contributed by atoms with Gasteiger partial charge in [0.15, 0.2) is 0 Å². The number of aromatic amines is 1. The van der Waals surface area contributed by atoms with E-state index in [2.05, 4.69) is 24.0 Å². The van der Waals surface area contributed by atoms with E-state index < -0.39 is 0 Å². The third-order valence-corrected chi connectivity index (χ3v) is 5.19. The molecule has 0 aliphatic heterocycles. The number of fused-ring (bicyclic) bond motifs is 3. The molecule has 16 heavy (non-hydrogen) atoms. The highest BCUT2D eigenvalue weighted by atomic mass is 32.9. The van der Waals surface area contributed by atoms with Gasteiger partial charge in [-0.15, -0.1) is 0 Å². The lowest BCUT2D eigenvalue weighted by Gasteiger charge is -1.90. The first-order valence-electron chi connectivity index (χ1n) is 4.98. The maximum Gasteiger partial charge on any atom is 0.0868 e. The molecule has 80 valence electrons. The van der Waals surface area contributed by atoms with Gasteiger partial charge in [0.2, 0.25) is 0 Å². The Morgan fingerprint density at radius 1 is 1.19 bits per heavy atom. The number of H-pyrrole nitrogens is 1. The topological polar surface area (TPSA) is 39.6 Å². The van der Waals surface area contributed by atoms with Crippen LogP contribution in [0.15, 0.2) is 30.5 Å². The monoisotopic (exact) mass is 246 g/mol. The van der Waals surface area contributed by atoms with E-state index in [0.29, 0.717) is 5.36 Å². The van der Waals surface area contributed by atoms with E-state index in [1.807, 2.05) is 18.3 Å². The second-order valence-electron chi connectivity index (χ2n) is 3.69. The van der Waals surface area contributed by atoms with Crippen LogP contribution in [0.5, 0.6) is 0 Å². The van der Waals surface area contributed by atoms with Gasteiger partial charge in [-0.1, -0.05) is 32.8 Å². The first kappa shape index (κ1) is 9.81. The van der Waals surface area contributed by atoms with Crippen LogP contribution >= 0.6 is 20.7 Å². The van der Waals surface area contributed by atoms with E-state index in [0.717, 1.165) is 16.3 Å². The highest BCUT2D eigenvalue weighted by Crippen LogP contribution is 2.29. The molecule has 0 amide bonds. The Balaban J connectivity index is 2.68. The Hall–Kier alpha value is -1.39. The van der Waals surface area contributed by atoms with Crippen LogP contribution in [0.3, 0.4) is 0 Å². The standard InChI is InChI=1S/C12H10N2S2/c1-7-6-9-10(13)11-8(12(9)16-15-7)4-2-3-5-14-11/h2-6,13-14H,1H3. The molecule has 2 N–H and O–H groups in total. The third-order valence-electron chi connectivity index (χ3n) is 2.58. The number of aromatic nitrogens is 1. The van der Waals surface area contributed by atoms with Gasteiger partial charge in [-0.05, 0) is 19.1 Å². The van der Waals surface area contributed by atoms with E-state index in [1.165, 1.54) is 9.58 Å². The molecule has 0 aliphatic rings. The van der Waals surface area contributed by atoms with Crippen molar-refractivity contribution in [3.8, 4) is 0 Å². The molecule has 1 aromatic carbocycles. The number of nitrogens with one attached hydrogen (secondary N) is 2. The maximum atomic E-state index is 8.17. The Kier molecular flexibility index (Phi) is 2.19. The molecule has 4 heteroatoms. The zero-order chi connectivity index (χ0) is 11.1. The lowest BCUT2D eigenvalue weighted by molar-refractivity contribution is 1.31. The van der Waals surface area contributed by atoms with E-state index in [9.17, 15) is 0 Å². The van der Waals surface area contributed by atoms with Crippen molar-refractivity contribution in [1.82, 2.24) is 4.98 Å². The maximum absolute atomic E-state index is 8.17. The Labute approximate surface area is 99.7 Å². The Bertz CT molecular complexity index is 747. The van der Waals surface area contributed by atoms with Crippen LogP contribution in [-0.2, 0) is 0 Å². The summed E-state index contributed by atoms with van der Waals surface area (Å²) in [7, 11) is 3.52. The lowest BCUT2D eigenvalue weighted by atomic mass is 10.3. The molecular formula is C12H10N2S2. The third kappa shape index (κ3) is 1.34. The molecule has 0 atom stereocenters.